The van der Waals surface area contributed by atoms with Crippen molar-refractivity contribution in [3.05, 3.63) is 38.2 Å². The zero-order valence-electron chi connectivity index (χ0n) is 10.6. The van der Waals surface area contributed by atoms with Crippen LogP contribution in [-0.4, -0.2) is 13.2 Å². The highest BCUT2D eigenvalue weighted by Crippen LogP contribution is 2.40. The quantitative estimate of drug-likeness (QED) is 0.809. The molecule has 2 nitrogen and oxygen atoms in total. The summed E-state index contributed by atoms with van der Waals surface area (Å²) in [6, 6.07) is 4.27. The van der Waals surface area contributed by atoms with Crippen LogP contribution in [0.1, 0.15) is 21.6 Å². The molecule has 98 valence electrons. The van der Waals surface area contributed by atoms with Crippen molar-refractivity contribution in [3.63, 3.8) is 0 Å². The number of hydrogen-bond donors (Lipinski definition) is 0. The van der Waals surface area contributed by atoms with Gasteiger partial charge < -0.3 is 9.47 Å². The maximum Gasteiger partial charge on any atom is 0.179 e. The Morgan fingerprint density at radius 3 is 2.68 bits per heavy atom. The Labute approximate surface area is 120 Å². The smallest absolute Gasteiger partial charge is 0.179 e. The molecule has 0 radical (unpaired) electrons. The number of ether oxygens (including phenoxy) is 2. The van der Waals surface area contributed by atoms with Gasteiger partial charge in [-0.3, -0.25) is 0 Å². The lowest BCUT2D eigenvalue weighted by Gasteiger charge is -2.15. The van der Waals surface area contributed by atoms with Crippen LogP contribution in [0.2, 0.25) is 0 Å². The van der Waals surface area contributed by atoms with Crippen LogP contribution in [0.5, 0.6) is 11.5 Å². The second kappa shape index (κ2) is 5.63. The van der Waals surface area contributed by atoms with Crippen molar-refractivity contribution >= 4 is 40.9 Å². The predicted molar refractivity (Wildman–Crippen MR) is 83.3 cm³/mol. The van der Waals surface area contributed by atoms with Gasteiger partial charge in [-0.15, -0.1) is 22.7 Å². The monoisotopic (exact) mass is 290 g/mol. The van der Waals surface area contributed by atoms with Crippen LogP contribution in [0, 0.1) is 0 Å². The first kappa shape index (κ1) is 12.5. The van der Waals surface area contributed by atoms with E-state index in [1.54, 1.807) is 22.7 Å². The molecule has 1 aliphatic heterocycles. The van der Waals surface area contributed by atoms with Crippen LogP contribution >= 0.6 is 22.7 Å². The van der Waals surface area contributed by atoms with Gasteiger partial charge in [0.15, 0.2) is 11.5 Å². The molecule has 0 N–H and O–H groups in total. The van der Waals surface area contributed by atoms with Crippen LogP contribution in [-0.2, 0) is 0 Å². The summed E-state index contributed by atoms with van der Waals surface area (Å²) in [6.07, 6.45) is 8.40. The van der Waals surface area contributed by atoms with Crippen molar-refractivity contribution in [2.75, 3.05) is 13.2 Å². The van der Waals surface area contributed by atoms with Gasteiger partial charge in [0, 0.05) is 15.1 Å². The van der Waals surface area contributed by atoms with Gasteiger partial charge in [-0.1, -0.05) is 6.08 Å². The normalized spacial score (nSPS) is 14.6. The fraction of sp³-hybridized carbons (Fsp3) is 0.200. The molecule has 0 spiro atoms. The van der Waals surface area contributed by atoms with Gasteiger partial charge >= 0.3 is 0 Å². The molecule has 0 aromatic carbocycles. The summed E-state index contributed by atoms with van der Waals surface area (Å²) >= 11 is 3.43. The van der Waals surface area contributed by atoms with Gasteiger partial charge in [-0.25, -0.2) is 0 Å². The second-order valence-corrected chi connectivity index (χ2v) is 6.12. The van der Waals surface area contributed by atoms with Crippen LogP contribution in [0.3, 0.4) is 0 Å². The molecule has 0 amide bonds. The Morgan fingerprint density at radius 2 is 1.84 bits per heavy atom. The summed E-state index contributed by atoms with van der Waals surface area (Å²) in [5.41, 5.74) is 0. The van der Waals surface area contributed by atoms with Gasteiger partial charge in [-0.2, -0.15) is 0 Å². The molecule has 0 bridgehead atoms. The van der Waals surface area contributed by atoms with Gasteiger partial charge in [0.05, 0.1) is 4.88 Å². The van der Waals surface area contributed by atoms with Gasteiger partial charge in [0.25, 0.3) is 0 Å². The van der Waals surface area contributed by atoms with E-state index in [0.717, 1.165) is 16.4 Å². The highest BCUT2D eigenvalue weighted by molar-refractivity contribution is 7.14. The van der Waals surface area contributed by atoms with Crippen molar-refractivity contribution in [2.24, 2.45) is 0 Å². The summed E-state index contributed by atoms with van der Waals surface area (Å²) in [5, 5.41) is 2.01. The van der Waals surface area contributed by atoms with Crippen LogP contribution in [0.15, 0.2) is 23.6 Å². The summed E-state index contributed by atoms with van der Waals surface area (Å²) in [4.78, 5) is 3.64. The molecule has 0 atom stereocenters. The molecule has 19 heavy (non-hydrogen) atoms. The molecule has 0 aliphatic carbocycles. The van der Waals surface area contributed by atoms with E-state index in [0.29, 0.717) is 13.2 Å². The van der Waals surface area contributed by atoms with Crippen molar-refractivity contribution in [1.29, 1.82) is 0 Å². The molecule has 0 unspecified atom stereocenters. The molecule has 0 saturated heterocycles. The number of thiophene rings is 2. The van der Waals surface area contributed by atoms with Crippen LogP contribution in [0.25, 0.3) is 18.2 Å². The molecule has 0 saturated carbocycles. The molecule has 0 fully saturated rings. The topological polar surface area (TPSA) is 18.5 Å². The summed E-state index contributed by atoms with van der Waals surface area (Å²) in [7, 11) is 0. The van der Waals surface area contributed by atoms with Crippen molar-refractivity contribution in [2.45, 2.75) is 6.92 Å². The number of hydrogen-bond acceptors (Lipinski definition) is 4. The molecule has 2 aromatic rings. The average Bonchev–Trinajstić information content (AvgIpc) is 3.04. The summed E-state index contributed by atoms with van der Waals surface area (Å²) in [6.45, 7) is 3.31. The zero-order chi connectivity index (χ0) is 13.1. The van der Waals surface area contributed by atoms with Crippen LogP contribution in [0.4, 0.5) is 0 Å². The molecule has 2 aromatic heterocycles. The fourth-order valence-corrected chi connectivity index (χ4v) is 3.57. The van der Waals surface area contributed by atoms with E-state index >= 15 is 0 Å². The fourth-order valence-electron chi connectivity index (χ4n) is 1.87. The standard InChI is InChI=1S/C15H14O2S2/c1-2-3-11-4-5-12(19-11)6-7-14-15-13(10-18-14)16-8-9-17-15/h2-7,10H,8-9H2,1H3. The van der Waals surface area contributed by atoms with E-state index in [2.05, 4.69) is 36.4 Å². The lowest BCUT2D eigenvalue weighted by atomic mass is 10.3. The minimum Gasteiger partial charge on any atom is -0.485 e. The van der Waals surface area contributed by atoms with E-state index < -0.39 is 0 Å². The molecule has 3 rings (SSSR count). The number of fused-ring (bicyclic) bond motifs is 1. The highest BCUT2D eigenvalue weighted by atomic mass is 32.1. The third-order valence-electron chi connectivity index (χ3n) is 2.71. The Bertz CT molecular complexity index is 620. The first-order valence-corrected chi connectivity index (χ1v) is 7.84. The molecular formula is C15H14O2S2. The molecule has 3 heterocycles. The largest absolute Gasteiger partial charge is 0.485 e. The predicted octanol–water partition coefficient (Wildman–Crippen LogP) is 4.78. The third-order valence-corrected chi connectivity index (χ3v) is 4.63. The van der Waals surface area contributed by atoms with E-state index in [-0.39, 0.29) is 0 Å². The highest BCUT2D eigenvalue weighted by Gasteiger charge is 2.16. The molecular weight excluding hydrogens is 276 g/mol. The minimum absolute atomic E-state index is 0.634. The summed E-state index contributed by atoms with van der Waals surface area (Å²) < 4.78 is 11.2. The number of rotatable bonds is 3. The van der Waals surface area contributed by atoms with Crippen molar-refractivity contribution < 1.29 is 9.47 Å². The van der Waals surface area contributed by atoms with E-state index in [1.807, 2.05) is 12.3 Å². The maximum atomic E-state index is 5.65. The molecule has 1 aliphatic rings. The SMILES string of the molecule is CC=Cc1ccc(C=Cc2scc3c2OCCO3)s1. The Hall–Kier alpha value is -1.52. The lowest BCUT2D eigenvalue weighted by Crippen LogP contribution is -2.14. The molecule has 4 heteroatoms. The van der Waals surface area contributed by atoms with E-state index in [9.17, 15) is 0 Å². The first-order valence-electron chi connectivity index (χ1n) is 6.14. The van der Waals surface area contributed by atoms with Gasteiger partial charge in [-0.05, 0) is 37.3 Å². The lowest BCUT2D eigenvalue weighted by molar-refractivity contribution is 0.173. The first-order chi connectivity index (χ1) is 9.36. The maximum absolute atomic E-state index is 5.65. The minimum atomic E-state index is 0.634. The Kier molecular flexibility index (Phi) is 3.71. The second-order valence-electron chi connectivity index (χ2n) is 4.06. The van der Waals surface area contributed by atoms with E-state index in [1.165, 1.54) is 9.75 Å². The Morgan fingerprint density at radius 1 is 1.05 bits per heavy atom. The van der Waals surface area contributed by atoms with Crippen molar-refractivity contribution in [3.8, 4) is 11.5 Å². The van der Waals surface area contributed by atoms with Gasteiger partial charge in [0.1, 0.15) is 13.2 Å². The zero-order valence-corrected chi connectivity index (χ0v) is 12.2. The Balaban J connectivity index is 1.80. The summed E-state index contributed by atoms with van der Waals surface area (Å²) in [5.74, 6) is 1.76. The van der Waals surface area contributed by atoms with E-state index in [4.69, 9.17) is 9.47 Å². The average molecular weight is 290 g/mol. The van der Waals surface area contributed by atoms with Crippen LogP contribution < -0.4 is 9.47 Å². The number of allylic oxidation sites excluding steroid dienone is 1. The van der Waals surface area contributed by atoms with Crippen molar-refractivity contribution in [1.82, 2.24) is 0 Å². The van der Waals surface area contributed by atoms with Gasteiger partial charge in [0.2, 0.25) is 0 Å². The third kappa shape index (κ3) is 2.74.